The fourth-order valence-corrected chi connectivity index (χ4v) is 8.46. The molecule has 0 rings (SSSR count). The van der Waals surface area contributed by atoms with E-state index in [1.165, 1.54) is 7.11 Å². The predicted octanol–water partition coefficient (Wildman–Crippen LogP) is 3.76. The standard InChI is InChI=1S/C18H32O6Si/c1-9-15(23-17(20)11-10-16(19)22-8)18(21)24-25(12(2)3,13(4)5)14(6)7/h10-15H,9H2,1-8H3/b11-10-. The third-order valence-electron chi connectivity index (χ3n) is 4.43. The zero-order valence-corrected chi connectivity index (χ0v) is 17.6. The Labute approximate surface area is 152 Å². The maximum absolute atomic E-state index is 12.7. The van der Waals surface area contributed by atoms with E-state index in [0.29, 0.717) is 6.42 Å². The molecule has 144 valence electrons. The highest BCUT2D eigenvalue weighted by atomic mass is 28.4. The van der Waals surface area contributed by atoms with Crippen LogP contribution < -0.4 is 0 Å². The Hall–Kier alpha value is -1.63. The molecule has 0 saturated heterocycles. The van der Waals surface area contributed by atoms with Crippen LogP contribution in [0.25, 0.3) is 0 Å². The summed E-state index contributed by atoms with van der Waals surface area (Å²) in [4.78, 5) is 35.5. The predicted molar refractivity (Wildman–Crippen MR) is 98.5 cm³/mol. The van der Waals surface area contributed by atoms with Crippen LogP contribution in [0.5, 0.6) is 0 Å². The Morgan fingerprint density at radius 3 is 1.68 bits per heavy atom. The minimum Gasteiger partial charge on any atom is -0.516 e. The summed E-state index contributed by atoms with van der Waals surface area (Å²) in [6, 6.07) is 0. The molecule has 0 bridgehead atoms. The third kappa shape index (κ3) is 6.30. The van der Waals surface area contributed by atoms with Gasteiger partial charge in [0.05, 0.1) is 7.11 Å². The van der Waals surface area contributed by atoms with Crippen molar-refractivity contribution in [1.29, 1.82) is 0 Å². The van der Waals surface area contributed by atoms with Gasteiger partial charge in [0.25, 0.3) is 8.32 Å². The van der Waals surface area contributed by atoms with E-state index in [0.717, 1.165) is 12.2 Å². The van der Waals surface area contributed by atoms with E-state index >= 15 is 0 Å². The van der Waals surface area contributed by atoms with Crippen LogP contribution in [0.15, 0.2) is 12.2 Å². The molecule has 0 radical (unpaired) electrons. The molecule has 0 aliphatic carbocycles. The van der Waals surface area contributed by atoms with Crippen molar-refractivity contribution in [3.8, 4) is 0 Å². The lowest BCUT2D eigenvalue weighted by molar-refractivity contribution is -0.159. The number of carbonyl (C=O) groups excluding carboxylic acids is 3. The van der Waals surface area contributed by atoms with Gasteiger partial charge < -0.3 is 13.9 Å². The molecule has 0 saturated carbocycles. The summed E-state index contributed by atoms with van der Waals surface area (Å²) in [5.74, 6) is -1.95. The molecule has 0 aliphatic rings. The molecule has 0 fully saturated rings. The average Bonchev–Trinajstić information content (AvgIpc) is 2.53. The maximum Gasteiger partial charge on any atom is 0.334 e. The second-order valence-electron chi connectivity index (χ2n) is 6.93. The van der Waals surface area contributed by atoms with E-state index in [1.54, 1.807) is 6.92 Å². The van der Waals surface area contributed by atoms with Crippen molar-refractivity contribution in [1.82, 2.24) is 0 Å². The maximum atomic E-state index is 12.7. The smallest absolute Gasteiger partial charge is 0.334 e. The molecule has 0 aromatic heterocycles. The van der Waals surface area contributed by atoms with Crippen LogP contribution in [0.1, 0.15) is 54.9 Å². The number of carbonyl (C=O) groups is 3. The summed E-state index contributed by atoms with van der Waals surface area (Å²) < 4.78 is 15.6. The van der Waals surface area contributed by atoms with E-state index in [2.05, 4.69) is 46.3 Å². The van der Waals surface area contributed by atoms with Crippen molar-refractivity contribution in [3.05, 3.63) is 12.2 Å². The van der Waals surface area contributed by atoms with Crippen molar-refractivity contribution in [2.75, 3.05) is 7.11 Å². The van der Waals surface area contributed by atoms with Gasteiger partial charge in [-0.15, -0.1) is 0 Å². The van der Waals surface area contributed by atoms with Gasteiger partial charge in [0.15, 0.2) is 6.10 Å². The number of methoxy groups -OCH3 is 1. The molecule has 0 N–H and O–H groups in total. The first-order valence-corrected chi connectivity index (χ1v) is 10.9. The highest BCUT2D eigenvalue weighted by molar-refractivity contribution is 6.79. The second-order valence-corrected chi connectivity index (χ2v) is 12.3. The summed E-state index contributed by atoms with van der Waals surface area (Å²) in [6.07, 6.45) is 1.21. The third-order valence-corrected chi connectivity index (χ3v) is 10.4. The SMILES string of the molecule is CCC(OC(=O)/C=C\C(=O)OC)C(=O)O[Si](C(C)C)(C(C)C)C(C)C. The first-order valence-electron chi connectivity index (χ1n) is 8.72. The van der Waals surface area contributed by atoms with Gasteiger partial charge in [-0.25, -0.2) is 14.4 Å². The van der Waals surface area contributed by atoms with E-state index in [-0.39, 0.29) is 16.6 Å². The fraction of sp³-hybridized carbons (Fsp3) is 0.722. The first-order chi connectivity index (χ1) is 11.5. The van der Waals surface area contributed by atoms with Crippen molar-refractivity contribution in [2.24, 2.45) is 0 Å². The van der Waals surface area contributed by atoms with Crippen LogP contribution in [0, 0.1) is 0 Å². The summed E-state index contributed by atoms with van der Waals surface area (Å²) in [6.45, 7) is 14.2. The summed E-state index contributed by atoms with van der Waals surface area (Å²) in [5, 5.41) is 0. The van der Waals surface area contributed by atoms with Gasteiger partial charge >= 0.3 is 17.9 Å². The Bertz CT molecular complexity index is 474. The molecule has 1 atom stereocenters. The van der Waals surface area contributed by atoms with Crippen LogP contribution in [-0.2, 0) is 28.3 Å². The van der Waals surface area contributed by atoms with Crippen LogP contribution in [-0.4, -0.2) is 39.4 Å². The molecule has 1 unspecified atom stereocenters. The first kappa shape index (κ1) is 23.4. The number of ether oxygens (including phenoxy) is 2. The van der Waals surface area contributed by atoms with E-state index in [4.69, 9.17) is 9.16 Å². The van der Waals surface area contributed by atoms with Gasteiger partial charge in [-0.1, -0.05) is 48.5 Å². The van der Waals surface area contributed by atoms with Gasteiger partial charge in [-0.05, 0) is 23.0 Å². The van der Waals surface area contributed by atoms with Crippen molar-refractivity contribution >= 4 is 26.2 Å². The highest BCUT2D eigenvalue weighted by Gasteiger charge is 2.49. The monoisotopic (exact) mass is 372 g/mol. The molecule has 0 amide bonds. The summed E-state index contributed by atoms with van der Waals surface area (Å²) in [7, 11) is -1.19. The molecule has 0 heterocycles. The van der Waals surface area contributed by atoms with E-state index < -0.39 is 32.3 Å². The minimum absolute atomic E-state index is 0.240. The van der Waals surface area contributed by atoms with E-state index in [1.807, 2.05) is 0 Å². The van der Waals surface area contributed by atoms with Gasteiger partial charge in [-0.3, -0.25) is 0 Å². The largest absolute Gasteiger partial charge is 0.516 e. The number of hydrogen-bond acceptors (Lipinski definition) is 6. The van der Waals surface area contributed by atoms with Crippen molar-refractivity contribution < 1.29 is 28.3 Å². The molecule has 0 spiro atoms. The average molecular weight is 373 g/mol. The van der Waals surface area contributed by atoms with Gasteiger partial charge in [0, 0.05) is 12.2 Å². The molecule has 0 aromatic carbocycles. The Balaban J connectivity index is 5.23. The fourth-order valence-electron chi connectivity index (χ4n) is 3.28. The van der Waals surface area contributed by atoms with Gasteiger partial charge in [-0.2, -0.15) is 0 Å². The lowest BCUT2D eigenvalue weighted by atomic mass is 10.3. The van der Waals surface area contributed by atoms with Crippen molar-refractivity contribution in [3.63, 3.8) is 0 Å². The second kappa shape index (κ2) is 10.4. The lowest BCUT2D eigenvalue weighted by Gasteiger charge is -2.41. The number of rotatable bonds is 9. The topological polar surface area (TPSA) is 78.9 Å². The highest BCUT2D eigenvalue weighted by Crippen LogP contribution is 2.42. The van der Waals surface area contributed by atoms with Crippen LogP contribution in [0.4, 0.5) is 0 Å². The molecule has 6 nitrogen and oxygen atoms in total. The van der Waals surface area contributed by atoms with Crippen molar-refractivity contribution in [2.45, 2.75) is 77.6 Å². The molecule has 0 aromatic rings. The summed E-state index contributed by atoms with van der Waals surface area (Å²) >= 11 is 0. The van der Waals surface area contributed by atoms with Gasteiger partial charge in [0.2, 0.25) is 0 Å². The van der Waals surface area contributed by atoms with Gasteiger partial charge in [0.1, 0.15) is 0 Å². The van der Waals surface area contributed by atoms with Crippen LogP contribution >= 0.6 is 0 Å². The number of hydrogen-bond donors (Lipinski definition) is 0. The molecule has 25 heavy (non-hydrogen) atoms. The zero-order valence-electron chi connectivity index (χ0n) is 16.6. The molecule has 7 heteroatoms. The number of esters is 2. The van der Waals surface area contributed by atoms with Crippen LogP contribution in [0.2, 0.25) is 16.6 Å². The molecular weight excluding hydrogens is 340 g/mol. The Kier molecular flexibility index (Phi) is 9.70. The van der Waals surface area contributed by atoms with Crippen LogP contribution in [0.3, 0.4) is 0 Å². The Morgan fingerprint density at radius 2 is 1.32 bits per heavy atom. The molecule has 0 aliphatic heterocycles. The zero-order chi connectivity index (χ0) is 19.8. The Morgan fingerprint density at radius 1 is 0.880 bits per heavy atom. The normalized spacial score (nSPS) is 13.4. The summed E-state index contributed by atoms with van der Waals surface area (Å²) in [5.41, 5.74) is 0.719. The van der Waals surface area contributed by atoms with E-state index in [9.17, 15) is 14.4 Å². The lowest BCUT2D eigenvalue weighted by Crippen LogP contribution is -2.51. The minimum atomic E-state index is -2.40. The quantitative estimate of drug-likeness (QED) is 0.348. The molecular formula is C18H32O6Si.